The molecular weight excluding hydrogens is 242 g/mol. The molecule has 0 fully saturated rings. The average molecular weight is 253 g/mol. The molecule has 5 nitrogen and oxygen atoms in total. The number of anilines is 2. The van der Waals surface area contributed by atoms with Crippen LogP contribution in [0.5, 0.6) is 0 Å². The van der Waals surface area contributed by atoms with E-state index in [4.69, 9.17) is 10.4 Å². The zero-order chi connectivity index (χ0) is 13.8. The van der Waals surface area contributed by atoms with Gasteiger partial charge in [0.1, 0.15) is 11.4 Å². The molecule has 0 saturated heterocycles. The number of carboxylic acids is 1. The van der Waals surface area contributed by atoms with Crippen LogP contribution in [0.4, 0.5) is 11.5 Å². The fourth-order valence-corrected chi connectivity index (χ4v) is 1.63. The van der Waals surface area contributed by atoms with Crippen molar-refractivity contribution >= 4 is 17.5 Å². The zero-order valence-corrected chi connectivity index (χ0v) is 10.2. The van der Waals surface area contributed by atoms with Crippen LogP contribution in [-0.4, -0.2) is 16.1 Å². The van der Waals surface area contributed by atoms with Gasteiger partial charge in [-0.3, -0.25) is 0 Å². The van der Waals surface area contributed by atoms with Gasteiger partial charge in [0.15, 0.2) is 0 Å². The topological polar surface area (TPSA) is 86.0 Å². The molecule has 2 N–H and O–H groups in total. The van der Waals surface area contributed by atoms with Crippen LogP contribution in [0.15, 0.2) is 36.5 Å². The SMILES string of the molecule is Cc1ccc(C#N)cc1Nc1ncccc1C(=O)O. The van der Waals surface area contributed by atoms with Gasteiger partial charge in [-0.2, -0.15) is 5.26 Å². The van der Waals surface area contributed by atoms with Crippen molar-refractivity contribution in [3.63, 3.8) is 0 Å². The first-order valence-corrected chi connectivity index (χ1v) is 5.58. The summed E-state index contributed by atoms with van der Waals surface area (Å²) in [7, 11) is 0. The van der Waals surface area contributed by atoms with Gasteiger partial charge >= 0.3 is 5.97 Å². The van der Waals surface area contributed by atoms with Crippen LogP contribution in [-0.2, 0) is 0 Å². The lowest BCUT2D eigenvalue weighted by atomic mass is 10.1. The van der Waals surface area contributed by atoms with Gasteiger partial charge in [0.25, 0.3) is 0 Å². The highest BCUT2D eigenvalue weighted by molar-refractivity contribution is 5.94. The number of aromatic carboxylic acids is 1. The molecule has 0 aliphatic rings. The Labute approximate surface area is 110 Å². The average Bonchev–Trinajstić information content (AvgIpc) is 2.41. The maximum Gasteiger partial charge on any atom is 0.339 e. The number of nitriles is 1. The van der Waals surface area contributed by atoms with Gasteiger partial charge in [0.2, 0.25) is 0 Å². The van der Waals surface area contributed by atoms with Crippen molar-refractivity contribution in [1.29, 1.82) is 5.26 Å². The minimum Gasteiger partial charge on any atom is -0.478 e. The monoisotopic (exact) mass is 253 g/mol. The number of rotatable bonds is 3. The minimum absolute atomic E-state index is 0.0873. The lowest BCUT2D eigenvalue weighted by Crippen LogP contribution is -2.05. The summed E-state index contributed by atoms with van der Waals surface area (Å²) in [4.78, 5) is 15.1. The Kier molecular flexibility index (Phi) is 3.44. The highest BCUT2D eigenvalue weighted by Gasteiger charge is 2.11. The second kappa shape index (κ2) is 5.19. The Bertz CT molecular complexity index is 675. The number of carbonyl (C=O) groups is 1. The van der Waals surface area contributed by atoms with E-state index in [2.05, 4.69) is 10.3 Å². The summed E-state index contributed by atoms with van der Waals surface area (Å²) in [6.07, 6.45) is 1.51. The van der Waals surface area contributed by atoms with Gasteiger partial charge in [-0.25, -0.2) is 9.78 Å². The van der Waals surface area contributed by atoms with Crippen LogP contribution >= 0.6 is 0 Å². The molecule has 0 bridgehead atoms. The van der Waals surface area contributed by atoms with Gasteiger partial charge in [0, 0.05) is 11.9 Å². The molecule has 5 heteroatoms. The molecule has 1 heterocycles. The lowest BCUT2D eigenvalue weighted by molar-refractivity contribution is 0.0697. The number of pyridine rings is 1. The quantitative estimate of drug-likeness (QED) is 0.878. The lowest BCUT2D eigenvalue weighted by Gasteiger charge is -2.10. The fraction of sp³-hybridized carbons (Fsp3) is 0.0714. The molecule has 1 aromatic carbocycles. The first-order chi connectivity index (χ1) is 9.11. The summed E-state index contributed by atoms with van der Waals surface area (Å²) in [5.74, 6) is -0.794. The zero-order valence-electron chi connectivity index (χ0n) is 10.2. The molecule has 0 aliphatic heterocycles. The molecule has 0 unspecified atom stereocenters. The van der Waals surface area contributed by atoms with Crippen LogP contribution in [0.2, 0.25) is 0 Å². The number of nitrogens with one attached hydrogen (secondary N) is 1. The van der Waals surface area contributed by atoms with Crippen molar-refractivity contribution in [1.82, 2.24) is 4.98 Å². The summed E-state index contributed by atoms with van der Waals surface area (Å²) in [6.45, 7) is 1.87. The molecule has 0 radical (unpaired) electrons. The van der Waals surface area contributed by atoms with Crippen molar-refractivity contribution in [2.24, 2.45) is 0 Å². The van der Waals surface area contributed by atoms with Gasteiger partial charge in [0.05, 0.1) is 11.6 Å². The van der Waals surface area contributed by atoms with Crippen molar-refractivity contribution in [3.05, 3.63) is 53.2 Å². The molecule has 0 aliphatic carbocycles. The summed E-state index contributed by atoms with van der Waals surface area (Å²) < 4.78 is 0. The van der Waals surface area contributed by atoms with Crippen LogP contribution in [0, 0.1) is 18.3 Å². The smallest absolute Gasteiger partial charge is 0.339 e. The summed E-state index contributed by atoms with van der Waals surface area (Å²) >= 11 is 0. The van der Waals surface area contributed by atoms with Crippen LogP contribution in [0.25, 0.3) is 0 Å². The molecule has 94 valence electrons. The van der Waals surface area contributed by atoms with Crippen LogP contribution in [0.1, 0.15) is 21.5 Å². The van der Waals surface area contributed by atoms with Crippen LogP contribution < -0.4 is 5.32 Å². The molecule has 0 amide bonds. The van der Waals surface area contributed by atoms with Crippen LogP contribution in [0.3, 0.4) is 0 Å². The third-order valence-electron chi connectivity index (χ3n) is 2.66. The van der Waals surface area contributed by atoms with Gasteiger partial charge in [-0.15, -0.1) is 0 Å². The van der Waals surface area contributed by atoms with Gasteiger partial charge in [-0.1, -0.05) is 6.07 Å². The largest absolute Gasteiger partial charge is 0.478 e. The Balaban J connectivity index is 2.42. The van der Waals surface area contributed by atoms with Gasteiger partial charge < -0.3 is 10.4 Å². The molecule has 0 saturated carbocycles. The van der Waals surface area contributed by atoms with Gasteiger partial charge in [-0.05, 0) is 36.8 Å². The number of hydrogen-bond donors (Lipinski definition) is 2. The molecule has 0 atom stereocenters. The standard InChI is InChI=1S/C14H11N3O2/c1-9-4-5-10(8-15)7-12(9)17-13-11(14(18)19)3-2-6-16-13/h2-7H,1H3,(H,16,17)(H,18,19). The highest BCUT2D eigenvalue weighted by Crippen LogP contribution is 2.22. The molecule has 1 aromatic heterocycles. The maximum atomic E-state index is 11.1. The summed E-state index contributed by atoms with van der Waals surface area (Å²) in [5.41, 5.74) is 2.16. The second-order valence-electron chi connectivity index (χ2n) is 3.97. The fourth-order valence-electron chi connectivity index (χ4n) is 1.63. The molecule has 2 aromatic rings. The molecular formula is C14H11N3O2. The Hall–Kier alpha value is -2.87. The van der Waals surface area contributed by atoms with E-state index in [1.54, 1.807) is 24.3 Å². The number of benzene rings is 1. The number of carboxylic acid groups (broad SMARTS) is 1. The van der Waals surface area contributed by atoms with Crippen molar-refractivity contribution in [2.75, 3.05) is 5.32 Å². The van der Waals surface area contributed by atoms with E-state index >= 15 is 0 Å². The Morgan fingerprint density at radius 3 is 2.89 bits per heavy atom. The van der Waals surface area contributed by atoms with Crippen molar-refractivity contribution in [3.8, 4) is 6.07 Å². The number of aromatic nitrogens is 1. The van der Waals surface area contributed by atoms with E-state index in [1.807, 2.05) is 13.0 Å². The first-order valence-electron chi connectivity index (χ1n) is 5.58. The van der Waals surface area contributed by atoms with E-state index in [9.17, 15) is 4.79 Å². The Morgan fingerprint density at radius 1 is 1.42 bits per heavy atom. The summed E-state index contributed by atoms with van der Waals surface area (Å²) in [6, 6.07) is 10.2. The number of hydrogen-bond acceptors (Lipinski definition) is 4. The predicted octanol–water partition coefficient (Wildman–Crippen LogP) is 2.70. The van der Waals surface area contributed by atoms with E-state index in [1.165, 1.54) is 12.3 Å². The first kappa shape index (κ1) is 12.6. The van der Waals surface area contributed by atoms with E-state index in [0.717, 1.165) is 5.56 Å². The summed E-state index contributed by atoms with van der Waals surface area (Å²) in [5, 5.41) is 20.9. The highest BCUT2D eigenvalue weighted by atomic mass is 16.4. The third kappa shape index (κ3) is 2.69. The molecule has 19 heavy (non-hydrogen) atoms. The van der Waals surface area contributed by atoms with E-state index < -0.39 is 5.97 Å². The number of nitrogens with zero attached hydrogens (tertiary/aromatic N) is 2. The minimum atomic E-state index is -1.05. The van der Waals surface area contributed by atoms with Crippen molar-refractivity contribution < 1.29 is 9.90 Å². The van der Waals surface area contributed by atoms with Crippen molar-refractivity contribution in [2.45, 2.75) is 6.92 Å². The predicted molar refractivity (Wildman–Crippen MR) is 70.4 cm³/mol. The molecule has 2 rings (SSSR count). The normalized spacial score (nSPS) is 9.68. The number of aryl methyl sites for hydroxylation is 1. The third-order valence-corrected chi connectivity index (χ3v) is 2.66. The van der Waals surface area contributed by atoms with E-state index in [0.29, 0.717) is 11.3 Å². The Morgan fingerprint density at radius 2 is 2.21 bits per heavy atom. The maximum absolute atomic E-state index is 11.1. The van der Waals surface area contributed by atoms with E-state index in [-0.39, 0.29) is 11.4 Å². The second-order valence-corrected chi connectivity index (χ2v) is 3.97. The molecule has 0 spiro atoms.